The van der Waals surface area contributed by atoms with Crippen molar-refractivity contribution in [3.8, 4) is 0 Å². The van der Waals surface area contributed by atoms with Crippen molar-refractivity contribution in [2.24, 2.45) is 11.1 Å². The molecular formula is C31H35ClN4O3. The molecule has 4 amide bonds. The SMILES string of the molecule is CC(C)(C)CC(=O)NN1C(=O)C(N(C(N)=O)c2ccc(Cl)cc2)CC(c2ccccc2)CC1c1ccccc1. The number of hydrogen-bond acceptors (Lipinski definition) is 3. The highest BCUT2D eigenvalue weighted by Crippen LogP contribution is 2.40. The van der Waals surface area contributed by atoms with Gasteiger partial charge in [0.2, 0.25) is 5.91 Å². The Hall–Kier alpha value is -3.84. The van der Waals surface area contributed by atoms with Gasteiger partial charge in [0.1, 0.15) is 6.04 Å². The Kier molecular flexibility index (Phi) is 8.60. The molecule has 3 aromatic rings. The van der Waals surface area contributed by atoms with E-state index in [0.717, 1.165) is 11.1 Å². The summed E-state index contributed by atoms with van der Waals surface area (Å²) in [7, 11) is 0. The van der Waals surface area contributed by atoms with Crippen molar-refractivity contribution < 1.29 is 14.4 Å². The molecule has 0 spiro atoms. The molecule has 1 aliphatic rings. The highest BCUT2D eigenvalue weighted by atomic mass is 35.5. The molecule has 0 aromatic heterocycles. The van der Waals surface area contributed by atoms with E-state index in [4.69, 9.17) is 17.3 Å². The third-order valence-electron chi connectivity index (χ3n) is 6.89. The Morgan fingerprint density at radius 1 is 0.923 bits per heavy atom. The number of benzene rings is 3. The van der Waals surface area contributed by atoms with Crippen LogP contribution in [0.5, 0.6) is 0 Å². The third-order valence-corrected chi connectivity index (χ3v) is 7.15. The van der Waals surface area contributed by atoms with Crippen LogP contribution in [0.4, 0.5) is 10.5 Å². The van der Waals surface area contributed by atoms with Crippen molar-refractivity contribution in [2.45, 2.75) is 58.0 Å². The summed E-state index contributed by atoms with van der Waals surface area (Å²) >= 11 is 6.10. The number of hydrogen-bond donors (Lipinski definition) is 2. The van der Waals surface area contributed by atoms with Crippen LogP contribution in [0.3, 0.4) is 0 Å². The minimum Gasteiger partial charge on any atom is -0.351 e. The van der Waals surface area contributed by atoms with Gasteiger partial charge < -0.3 is 5.73 Å². The van der Waals surface area contributed by atoms with Crippen molar-refractivity contribution >= 4 is 35.1 Å². The summed E-state index contributed by atoms with van der Waals surface area (Å²) in [5.41, 5.74) is 10.9. The lowest BCUT2D eigenvalue weighted by atomic mass is 9.86. The van der Waals surface area contributed by atoms with Crippen molar-refractivity contribution in [1.82, 2.24) is 10.4 Å². The van der Waals surface area contributed by atoms with Crippen LogP contribution in [0.15, 0.2) is 84.9 Å². The van der Waals surface area contributed by atoms with Gasteiger partial charge in [-0.1, -0.05) is 93.0 Å². The first-order valence-electron chi connectivity index (χ1n) is 13.1. The van der Waals surface area contributed by atoms with Crippen LogP contribution in [0.1, 0.15) is 63.1 Å². The molecule has 0 saturated carbocycles. The lowest BCUT2D eigenvalue weighted by molar-refractivity contribution is -0.145. The summed E-state index contributed by atoms with van der Waals surface area (Å²) in [4.78, 5) is 41.9. The molecule has 4 rings (SSSR count). The van der Waals surface area contributed by atoms with Gasteiger partial charge in [0.25, 0.3) is 5.91 Å². The smallest absolute Gasteiger partial charge is 0.320 e. The normalized spacial score (nSPS) is 19.7. The Labute approximate surface area is 234 Å². The molecule has 204 valence electrons. The fraction of sp³-hybridized carbons (Fsp3) is 0.323. The van der Waals surface area contributed by atoms with Gasteiger partial charge in [0.15, 0.2) is 0 Å². The van der Waals surface area contributed by atoms with Crippen LogP contribution < -0.4 is 16.1 Å². The zero-order valence-corrected chi connectivity index (χ0v) is 23.3. The van der Waals surface area contributed by atoms with Crippen molar-refractivity contribution in [3.05, 3.63) is 101 Å². The number of carbonyl (C=O) groups excluding carboxylic acids is 3. The fourth-order valence-electron chi connectivity index (χ4n) is 5.18. The van der Waals surface area contributed by atoms with Crippen LogP contribution in [-0.2, 0) is 9.59 Å². The summed E-state index contributed by atoms with van der Waals surface area (Å²) in [6.45, 7) is 5.90. The van der Waals surface area contributed by atoms with Crippen LogP contribution in [0.2, 0.25) is 5.02 Å². The highest BCUT2D eigenvalue weighted by Gasteiger charge is 2.43. The van der Waals surface area contributed by atoms with E-state index in [2.05, 4.69) is 5.43 Å². The molecule has 3 N–H and O–H groups in total. The number of halogens is 1. The fourth-order valence-corrected chi connectivity index (χ4v) is 5.31. The molecule has 1 saturated heterocycles. The molecular weight excluding hydrogens is 512 g/mol. The van der Waals surface area contributed by atoms with E-state index in [1.165, 1.54) is 9.91 Å². The first-order valence-corrected chi connectivity index (χ1v) is 13.5. The summed E-state index contributed by atoms with van der Waals surface area (Å²) in [5.74, 6) is -0.784. The average molecular weight is 547 g/mol. The van der Waals surface area contributed by atoms with Crippen LogP contribution >= 0.6 is 11.6 Å². The van der Waals surface area contributed by atoms with Crippen molar-refractivity contribution in [2.75, 3.05) is 4.90 Å². The van der Waals surface area contributed by atoms with Gasteiger partial charge in [0, 0.05) is 17.1 Å². The topological polar surface area (TPSA) is 95.7 Å². The average Bonchev–Trinajstić information content (AvgIpc) is 3.02. The molecule has 0 radical (unpaired) electrons. The van der Waals surface area contributed by atoms with Crippen LogP contribution in [-0.4, -0.2) is 28.9 Å². The second kappa shape index (κ2) is 11.9. The molecule has 3 atom stereocenters. The quantitative estimate of drug-likeness (QED) is 0.385. The van der Waals surface area contributed by atoms with E-state index in [-0.39, 0.29) is 23.7 Å². The Bertz CT molecular complexity index is 1290. The third kappa shape index (κ3) is 6.98. The standard InChI is InChI=1S/C31H35ClN4O3/c1-31(2,3)20-28(37)34-36-26(22-12-8-5-9-13-22)18-23(21-10-6-4-7-11-21)19-27(29(36)38)35(30(33)39)25-16-14-24(32)15-17-25/h4-17,23,26-27H,18-20H2,1-3H3,(H2,33,39)(H,34,37). The molecule has 39 heavy (non-hydrogen) atoms. The maximum Gasteiger partial charge on any atom is 0.320 e. The van der Waals surface area contributed by atoms with Crippen molar-refractivity contribution in [3.63, 3.8) is 0 Å². The van der Waals surface area contributed by atoms with E-state index in [1.807, 2.05) is 81.4 Å². The van der Waals surface area contributed by atoms with Gasteiger partial charge in [-0.05, 0) is 59.6 Å². The minimum atomic E-state index is -0.961. The molecule has 1 heterocycles. The Morgan fingerprint density at radius 3 is 2.03 bits per heavy atom. The number of amides is 4. The van der Waals surface area contributed by atoms with Gasteiger partial charge in [-0.15, -0.1) is 0 Å². The first-order chi connectivity index (χ1) is 18.5. The maximum atomic E-state index is 14.4. The number of primary amides is 1. The van der Waals surface area contributed by atoms with Crippen molar-refractivity contribution in [1.29, 1.82) is 0 Å². The molecule has 0 aliphatic carbocycles. The summed E-state index contributed by atoms with van der Waals surface area (Å²) < 4.78 is 0. The zero-order chi connectivity index (χ0) is 28.2. The molecule has 3 unspecified atom stereocenters. The van der Waals surface area contributed by atoms with E-state index in [9.17, 15) is 14.4 Å². The van der Waals surface area contributed by atoms with Gasteiger partial charge >= 0.3 is 6.03 Å². The molecule has 7 nitrogen and oxygen atoms in total. The predicted molar refractivity (Wildman–Crippen MR) is 154 cm³/mol. The number of anilines is 1. The monoisotopic (exact) mass is 546 g/mol. The van der Waals surface area contributed by atoms with E-state index >= 15 is 0 Å². The molecule has 0 bridgehead atoms. The molecule has 1 fully saturated rings. The minimum absolute atomic E-state index is 0.107. The number of nitrogens with zero attached hydrogens (tertiary/aromatic N) is 2. The maximum absolute atomic E-state index is 14.4. The number of urea groups is 1. The number of hydrazine groups is 1. The lowest BCUT2D eigenvalue weighted by Crippen LogP contribution is -2.57. The van der Waals surface area contributed by atoms with Crippen LogP contribution in [0, 0.1) is 5.41 Å². The van der Waals surface area contributed by atoms with Crippen LogP contribution in [0.25, 0.3) is 0 Å². The molecule has 8 heteroatoms. The number of carbonyl (C=O) groups is 3. The molecule has 1 aliphatic heterocycles. The zero-order valence-electron chi connectivity index (χ0n) is 22.5. The van der Waals surface area contributed by atoms with Gasteiger partial charge in [0.05, 0.1) is 6.04 Å². The number of nitrogens with one attached hydrogen (secondary N) is 1. The Morgan fingerprint density at radius 2 is 1.49 bits per heavy atom. The van der Waals surface area contributed by atoms with E-state index in [0.29, 0.717) is 23.6 Å². The van der Waals surface area contributed by atoms with Gasteiger partial charge in [-0.3, -0.25) is 19.9 Å². The van der Waals surface area contributed by atoms with E-state index < -0.39 is 24.0 Å². The lowest BCUT2D eigenvalue weighted by Gasteiger charge is -2.35. The number of rotatable bonds is 6. The second-order valence-electron chi connectivity index (χ2n) is 11.2. The predicted octanol–water partition coefficient (Wildman–Crippen LogP) is 6.21. The largest absolute Gasteiger partial charge is 0.351 e. The summed E-state index contributed by atoms with van der Waals surface area (Å²) in [6.07, 6.45) is 1.09. The summed E-state index contributed by atoms with van der Waals surface area (Å²) in [5, 5.41) is 1.92. The van der Waals surface area contributed by atoms with Gasteiger partial charge in [-0.25, -0.2) is 9.80 Å². The molecule has 3 aromatic carbocycles. The number of nitrogens with two attached hydrogens (primary N) is 1. The van der Waals surface area contributed by atoms with Gasteiger partial charge in [-0.2, -0.15) is 0 Å². The highest BCUT2D eigenvalue weighted by molar-refractivity contribution is 6.30. The second-order valence-corrected chi connectivity index (χ2v) is 11.6. The summed E-state index contributed by atoms with van der Waals surface area (Å²) in [6, 6.07) is 24.0. The first kappa shape index (κ1) is 28.2. The Balaban J connectivity index is 1.84. The van der Waals surface area contributed by atoms with E-state index in [1.54, 1.807) is 24.3 Å².